The Balaban J connectivity index is 1.51. The van der Waals surface area contributed by atoms with Gasteiger partial charge in [0.15, 0.2) is 0 Å². The van der Waals surface area contributed by atoms with Crippen molar-refractivity contribution in [1.29, 1.82) is 0 Å². The Bertz CT molecular complexity index is 2410. The second kappa shape index (κ2) is 11.7. The van der Waals surface area contributed by atoms with Gasteiger partial charge in [-0.15, -0.1) is 11.3 Å². The molecule has 3 heteroatoms. The number of aromatic amines is 1. The first-order valence-electron chi connectivity index (χ1n) is 18.0. The van der Waals surface area contributed by atoms with E-state index in [1.165, 1.54) is 76.4 Å². The highest BCUT2D eigenvalue weighted by molar-refractivity contribution is 7.17. The summed E-state index contributed by atoms with van der Waals surface area (Å²) in [5.41, 5.74) is 14.9. The summed E-state index contributed by atoms with van der Waals surface area (Å²) in [6.07, 6.45) is 2.02. The molecular weight excluding hydrogens is 625 g/mol. The molecule has 7 rings (SSSR count). The quantitative estimate of drug-likeness (QED) is 0.198. The average molecular weight is 677 g/mol. The SMILES string of the molecule is CC(C)(C)c1cc(-c2cc(-c3cc(C(C)(C)C)cc4c3[nH]c3ccc(C(C)(C)C)cc34)cc(C(C)(C)C)c2)cc(-c2cc3sccc3cn2)c1. The summed E-state index contributed by atoms with van der Waals surface area (Å²) in [4.78, 5) is 8.83. The highest BCUT2D eigenvalue weighted by Gasteiger charge is 2.24. The summed E-state index contributed by atoms with van der Waals surface area (Å²) in [6.45, 7) is 27.8. The number of aromatic nitrogens is 2. The third-order valence-electron chi connectivity index (χ3n) is 10.3. The highest BCUT2D eigenvalue weighted by atomic mass is 32.1. The van der Waals surface area contributed by atoms with Crippen molar-refractivity contribution in [3.63, 3.8) is 0 Å². The van der Waals surface area contributed by atoms with Gasteiger partial charge in [0.1, 0.15) is 0 Å². The predicted molar refractivity (Wildman–Crippen MR) is 220 cm³/mol. The summed E-state index contributed by atoms with van der Waals surface area (Å²) in [6, 6.07) is 30.6. The third kappa shape index (κ3) is 6.42. The number of hydrogen-bond acceptors (Lipinski definition) is 2. The molecule has 0 unspecified atom stereocenters. The fourth-order valence-electron chi connectivity index (χ4n) is 6.90. The van der Waals surface area contributed by atoms with Crippen molar-refractivity contribution in [2.45, 2.75) is 105 Å². The van der Waals surface area contributed by atoms with Gasteiger partial charge in [0.2, 0.25) is 0 Å². The molecule has 2 nitrogen and oxygen atoms in total. The molecule has 7 aromatic rings. The number of nitrogens with one attached hydrogen (secondary N) is 1. The van der Waals surface area contributed by atoms with Crippen LogP contribution in [0, 0.1) is 0 Å². The Morgan fingerprint density at radius 2 is 1.04 bits per heavy atom. The molecule has 0 atom stereocenters. The molecule has 1 N–H and O–H groups in total. The van der Waals surface area contributed by atoms with Crippen LogP contribution in [0.25, 0.3) is 65.4 Å². The van der Waals surface area contributed by atoms with Gasteiger partial charge in [-0.3, -0.25) is 4.98 Å². The van der Waals surface area contributed by atoms with Gasteiger partial charge in [-0.1, -0.05) is 107 Å². The van der Waals surface area contributed by atoms with Crippen LogP contribution in [-0.2, 0) is 21.7 Å². The van der Waals surface area contributed by atoms with Crippen molar-refractivity contribution >= 4 is 43.2 Å². The van der Waals surface area contributed by atoms with E-state index in [0.29, 0.717) is 0 Å². The van der Waals surface area contributed by atoms with Gasteiger partial charge in [-0.2, -0.15) is 0 Å². The zero-order chi connectivity index (χ0) is 36.0. The summed E-state index contributed by atoms with van der Waals surface area (Å²) in [7, 11) is 0. The molecule has 0 saturated carbocycles. The lowest BCUT2D eigenvalue weighted by molar-refractivity contribution is 0.589. The second-order valence-corrected chi connectivity index (χ2v) is 19.4. The molecule has 0 aliphatic carbocycles. The fourth-order valence-corrected chi connectivity index (χ4v) is 7.70. The van der Waals surface area contributed by atoms with E-state index in [0.717, 1.165) is 11.3 Å². The largest absolute Gasteiger partial charge is 0.354 e. The van der Waals surface area contributed by atoms with Crippen LogP contribution < -0.4 is 0 Å². The van der Waals surface area contributed by atoms with Crippen LogP contribution in [0.15, 0.2) is 90.4 Å². The van der Waals surface area contributed by atoms with E-state index in [-0.39, 0.29) is 21.7 Å². The molecule has 0 fully saturated rings. The minimum Gasteiger partial charge on any atom is -0.354 e. The lowest BCUT2D eigenvalue weighted by Gasteiger charge is -2.25. The number of pyridine rings is 1. The molecule has 4 aromatic carbocycles. The Hall–Kier alpha value is -4.21. The van der Waals surface area contributed by atoms with E-state index in [2.05, 4.69) is 172 Å². The maximum absolute atomic E-state index is 4.94. The molecule has 0 aliphatic rings. The molecule has 3 aromatic heterocycles. The normalized spacial score (nSPS) is 13.2. The zero-order valence-electron chi connectivity index (χ0n) is 32.0. The number of rotatable bonds is 3. The first-order chi connectivity index (χ1) is 23.3. The van der Waals surface area contributed by atoms with Crippen LogP contribution in [-0.4, -0.2) is 9.97 Å². The Kier molecular flexibility index (Phi) is 7.99. The van der Waals surface area contributed by atoms with Gasteiger partial charge in [0.25, 0.3) is 0 Å². The summed E-state index contributed by atoms with van der Waals surface area (Å²) < 4.78 is 1.27. The molecule has 0 saturated heterocycles. The van der Waals surface area contributed by atoms with Gasteiger partial charge in [0.05, 0.1) is 11.2 Å². The molecule has 0 amide bonds. The summed E-state index contributed by atoms with van der Waals surface area (Å²) in [5, 5.41) is 5.94. The van der Waals surface area contributed by atoms with Crippen LogP contribution in [0.2, 0.25) is 0 Å². The van der Waals surface area contributed by atoms with Crippen molar-refractivity contribution in [3.05, 3.63) is 113 Å². The van der Waals surface area contributed by atoms with Crippen molar-refractivity contribution in [2.75, 3.05) is 0 Å². The first-order valence-corrected chi connectivity index (χ1v) is 18.9. The predicted octanol–water partition coefficient (Wildman–Crippen LogP) is 14.1. The second-order valence-electron chi connectivity index (χ2n) is 18.5. The highest BCUT2D eigenvalue weighted by Crippen LogP contribution is 2.43. The van der Waals surface area contributed by atoms with Crippen molar-refractivity contribution < 1.29 is 0 Å². The van der Waals surface area contributed by atoms with Gasteiger partial charge in [0, 0.05) is 43.7 Å². The van der Waals surface area contributed by atoms with E-state index in [1.807, 2.05) is 6.20 Å². The van der Waals surface area contributed by atoms with Gasteiger partial charge in [-0.25, -0.2) is 0 Å². The molecular formula is C47H52N2S. The number of hydrogen-bond donors (Lipinski definition) is 1. The molecule has 50 heavy (non-hydrogen) atoms. The van der Waals surface area contributed by atoms with E-state index in [4.69, 9.17) is 4.98 Å². The van der Waals surface area contributed by atoms with E-state index in [1.54, 1.807) is 11.3 Å². The summed E-state index contributed by atoms with van der Waals surface area (Å²) >= 11 is 1.77. The molecule has 3 heterocycles. The lowest BCUT2D eigenvalue weighted by atomic mass is 9.80. The molecule has 0 aliphatic heterocycles. The zero-order valence-corrected chi connectivity index (χ0v) is 32.8. The van der Waals surface area contributed by atoms with Crippen LogP contribution in [0.3, 0.4) is 0 Å². The number of H-pyrrole nitrogens is 1. The van der Waals surface area contributed by atoms with Gasteiger partial charge < -0.3 is 4.98 Å². The van der Waals surface area contributed by atoms with Crippen molar-refractivity contribution in [3.8, 4) is 33.5 Å². The smallest absolute Gasteiger partial charge is 0.0716 e. The molecule has 0 radical (unpaired) electrons. The fraction of sp³-hybridized carbons (Fsp3) is 0.340. The van der Waals surface area contributed by atoms with Crippen molar-refractivity contribution in [2.24, 2.45) is 0 Å². The van der Waals surface area contributed by atoms with Crippen LogP contribution in [0.4, 0.5) is 0 Å². The first kappa shape index (κ1) is 34.2. The Labute approximate surface area is 303 Å². The van der Waals surface area contributed by atoms with E-state index in [9.17, 15) is 0 Å². The number of thiophene rings is 1. The van der Waals surface area contributed by atoms with E-state index >= 15 is 0 Å². The van der Waals surface area contributed by atoms with E-state index < -0.39 is 0 Å². The minimum absolute atomic E-state index is 0.00868. The standard InChI is InChI=1S/C47H52N2S/c1-44(2,3)33-13-14-40-38(23-33)39-25-36(47(10,11)12)24-37(43(39)49-40)31-17-29(19-34(21-31)45(4,5)6)30-18-32(22-35(20-30)46(7,8)9)41-26-42-28(27-48-41)15-16-50-42/h13-27,49H,1-12H3. The van der Waals surface area contributed by atoms with Gasteiger partial charge in [-0.05, 0) is 121 Å². The Morgan fingerprint density at radius 3 is 1.66 bits per heavy atom. The molecule has 0 spiro atoms. The maximum Gasteiger partial charge on any atom is 0.0716 e. The van der Waals surface area contributed by atoms with Crippen molar-refractivity contribution in [1.82, 2.24) is 9.97 Å². The summed E-state index contributed by atoms with van der Waals surface area (Å²) in [5.74, 6) is 0. The monoisotopic (exact) mass is 676 g/mol. The molecule has 0 bridgehead atoms. The van der Waals surface area contributed by atoms with Gasteiger partial charge >= 0.3 is 0 Å². The maximum atomic E-state index is 4.94. The topological polar surface area (TPSA) is 28.7 Å². The van der Waals surface area contributed by atoms with Crippen LogP contribution >= 0.6 is 11.3 Å². The van der Waals surface area contributed by atoms with Crippen LogP contribution in [0.5, 0.6) is 0 Å². The van der Waals surface area contributed by atoms with Crippen LogP contribution in [0.1, 0.15) is 105 Å². The number of nitrogens with zero attached hydrogens (tertiary/aromatic N) is 1. The molecule has 256 valence electrons. The lowest BCUT2D eigenvalue weighted by Crippen LogP contribution is -2.13. The number of benzene rings is 4. The number of fused-ring (bicyclic) bond motifs is 4. The minimum atomic E-state index is -0.0379. The average Bonchev–Trinajstić information content (AvgIpc) is 3.66. The Morgan fingerprint density at radius 1 is 0.500 bits per heavy atom. The third-order valence-corrected chi connectivity index (χ3v) is 11.2.